The lowest BCUT2D eigenvalue weighted by Crippen LogP contribution is -2.30. The van der Waals surface area contributed by atoms with Gasteiger partial charge >= 0.3 is 5.97 Å². The Hall–Kier alpha value is -3.42. The number of rotatable bonds is 6. The van der Waals surface area contributed by atoms with Gasteiger partial charge in [-0.3, -0.25) is 14.9 Å². The smallest absolute Gasteiger partial charge is 0.338 e. The number of nitrogens with zero attached hydrogens (tertiary/aromatic N) is 1. The number of carbonyl (C=O) groups is 2. The van der Waals surface area contributed by atoms with E-state index in [1.807, 2.05) is 0 Å². The molecule has 0 saturated carbocycles. The van der Waals surface area contributed by atoms with Crippen molar-refractivity contribution in [2.75, 3.05) is 12.4 Å². The third-order valence-corrected chi connectivity index (χ3v) is 3.32. The first-order chi connectivity index (χ1) is 11.9. The molecule has 8 heteroatoms. The van der Waals surface area contributed by atoms with E-state index >= 15 is 0 Å². The molecule has 0 aromatic heterocycles. The summed E-state index contributed by atoms with van der Waals surface area (Å²) in [5.74, 6) is -1.08. The van der Waals surface area contributed by atoms with Crippen molar-refractivity contribution in [2.45, 2.75) is 13.0 Å². The van der Waals surface area contributed by atoms with Crippen LogP contribution in [0.15, 0.2) is 48.5 Å². The number of esters is 1. The predicted molar refractivity (Wildman–Crippen MR) is 89.6 cm³/mol. The predicted octanol–water partition coefficient (Wildman–Crippen LogP) is 2.79. The third-order valence-electron chi connectivity index (χ3n) is 3.32. The molecule has 0 aliphatic rings. The summed E-state index contributed by atoms with van der Waals surface area (Å²) in [5.41, 5.74) is 0.397. The van der Waals surface area contributed by atoms with Crippen LogP contribution in [0.25, 0.3) is 0 Å². The zero-order chi connectivity index (χ0) is 18.4. The Morgan fingerprint density at radius 2 is 1.84 bits per heavy atom. The topological polar surface area (TPSA) is 108 Å². The molecule has 2 aromatic rings. The fraction of sp³-hybridized carbons (Fsp3) is 0.176. The van der Waals surface area contributed by atoms with Gasteiger partial charge in [0.2, 0.25) is 0 Å². The maximum Gasteiger partial charge on any atom is 0.338 e. The van der Waals surface area contributed by atoms with Gasteiger partial charge in [0.15, 0.2) is 6.10 Å². The van der Waals surface area contributed by atoms with Gasteiger partial charge < -0.3 is 14.8 Å². The lowest BCUT2D eigenvalue weighted by atomic mass is 10.2. The van der Waals surface area contributed by atoms with Crippen LogP contribution in [0.5, 0.6) is 5.75 Å². The van der Waals surface area contributed by atoms with Gasteiger partial charge in [0.05, 0.1) is 29.4 Å². The van der Waals surface area contributed by atoms with Crippen molar-refractivity contribution in [3.8, 4) is 5.75 Å². The van der Waals surface area contributed by atoms with Crippen LogP contribution >= 0.6 is 0 Å². The molecule has 1 atom stereocenters. The van der Waals surface area contributed by atoms with Crippen LogP contribution in [0, 0.1) is 10.1 Å². The lowest BCUT2D eigenvalue weighted by molar-refractivity contribution is -0.384. The summed E-state index contributed by atoms with van der Waals surface area (Å²) >= 11 is 0. The van der Waals surface area contributed by atoms with Crippen LogP contribution in [0.1, 0.15) is 17.3 Å². The summed E-state index contributed by atoms with van der Waals surface area (Å²) in [6, 6.07) is 12.0. The number of nitrogens with one attached hydrogen (secondary N) is 1. The summed E-state index contributed by atoms with van der Waals surface area (Å²) < 4.78 is 10.1. The quantitative estimate of drug-likeness (QED) is 0.490. The zero-order valence-electron chi connectivity index (χ0n) is 13.6. The molecule has 0 radical (unpaired) electrons. The molecule has 0 saturated heterocycles. The first-order valence-corrected chi connectivity index (χ1v) is 7.31. The number of non-ortho nitro benzene ring substituents is 1. The van der Waals surface area contributed by atoms with E-state index in [-0.39, 0.29) is 17.1 Å². The summed E-state index contributed by atoms with van der Waals surface area (Å²) in [5, 5.41) is 13.3. The summed E-state index contributed by atoms with van der Waals surface area (Å²) in [7, 11) is 1.33. The molecular formula is C17H16N2O6. The summed E-state index contributed by atoms with van der Waals surface area (Å²) in [4.78, 5) is 34.3. The average molecular weight is 344 g/mol. The van der Waals surface area contributed by atoms with E-state index in [0.717, 1.165) is 0 Å². The fourth-order valence-electron chi connectivity index (χ4n) is 1.99. The van der Waals surface area contributed by atoms with Gasteiger partial charge in [0.25, 0.3) is 11.6 Å². The average Bonchev–Trinajstić information content (AvgIpc) is 2.62. The van der Waals surface area contributed by atoms with Crippen LogP contribution in [0.4, 0.5) is 11.4 Å². The van der Waals surface area contributed by atoms with Gasteiger partial charge in [-0.2, -0.15) is 0 Å². The Balaban J connectivity index is 2.06. The molecular weight excluding hydrogens is 328 g/mol. The minimum atomic E-state index is -1.06. The molecule has 1 N–H and O–H groups in total. The van der Waals surface area contributed by atoms with Crippen molar-refractivity contribution in [1.82, 2.24) is 0 Å². The number of amides is 1. The Morgan fingerprint density at radius 1 is 1.16 bits per heavy atom. The number of hydrogen-bond donors (Lipinski definition) is 1. The number of benzene rings is 2. The third kappa shape index (κ3) is 4.54. The van der Waals surface area contributed by atoms with Crippen molar-refractivity contribution < 1.29 is 24.0 Å². The molecule has 8 nitrogen and oxygen atoms in total. The Bertz CT molecular complexity index is 791. The number of ether oxygens (including phenoxy) is 2. The molecule has 0 unspecified atom stereocenters. The molecule has 0 bridgehead atoms. The minimum absolute atomic E-state index is 0.129. The fourth-order valence-corrected chi connectivity index (χ4v) is 1.99. The van der Waals surface area contributed by atoms with Crippen molar-refractivity contribution >= 4 is 23.3 Å². The molecule has 0 fully saturated rings. The molecule has 2 rings (SSSR count). The first-order valence-electron chi connectivity index (χ1n) is 7.31. The summed E-state index contributed by atoms with van der Waals surface area (Å²) in [6.45, 7) is 1.42. The number of hydrogen-bond acceptors (Lipinski definition) is 6. The highest BCUT2D eigenvalue weighted by Gasteiger charge is 2.21. The van der Waals surface area contributed by atoms with Gasteiger partial charge in [0.1, 0.15) is 5.75 Å². The van der Waals surface area contributed by atoms with Crippen molar-refractivity contribution in [3.05, 3.63) is 64.2 Å². The molecule has 0 heterocycles. The van der Waals surface area contributed by atoms with E-state index in [0.29, 0.717) is 5.56 Å². The van der Waals surface area contributed by atoms with E-state index in [1.54, 1.807) is 30.3 Å². The van der Waals surface area contributed by atoms with Gasteiger partial charge in [-0.1, -0.05) is 18.2 Å². The van der Waals surface area contributed by atoms with Crippen LogP contribution in [-0.2, 0) is 9.53 Å². The second-order valence-electron chi connectivity index (χ2n) is 5.04. The maximum atomic E-state index is 12.2. The van der Waals surface area contributed by atoms with Crippen LogP contribution in [0.2, 0.25) is 0 Å². The number of nitro benzene ring substituents is 1. The van der Waals surface area contributed by atoms with Gasteiger partial charge in [-0.25, -0.2) is 4.79 Å². The molecule has 2 aromatic carbocycles. The molecule has 0 aliphatic heterocycles. The Morgan fingerprint density at radius 3 is 2.44 bits per heavy atom. The van der Waals surface area contributed by atoms with E-state index < -0.39 is 22.9 Å². The Labute approximate surface area is 143 Å². The number of nitro groups is 1. The maximum absolute atomic E-state index is 12.2. The zero-order valence-corrected chi connectivity index (χ0v) is 13.6. The molecule has 0 spiro atoms. The Kier molecular flexibility index (Phi) is 5.67. The largest absolute Gasteiger partial charge is 0.494 e. The highest BCUT2D eigenvalue weighted by molar-refractivity contribution is 5.98. The highest BCUT2D eigenvalue weighted by atomic mass is 16.6. The van der Waals surface area contributed by atoms with Crippen LogP contribution in [-0.4, -0.2) is 30.0 Å². The van der Waals surface area contributed by atoms with Gasteiger partial charge in [0, 0.05) is 6.07 Å². The van der Waals surface area contributed by atoms with Crippen LogP contribution < -0.4 is 10.1 Å². The lowest BCUT2D eigenvalue weighted by Gasteiger charge is -2.15. The summed E-state index contributed by atoms with van der Waals surface area (Å²) in [6.07, 6.45) is -1.06. The van der Waals surface area contributed by atoms with Gasteiger partial charge in [-0.05, 0) is 25.1 Å². The molecule has 1 amide bonds. The van der Waals surface area contributed by atoms with Crippen molar-refractivity contribution in [1.29, 1.82) is 0 Å². The van der Waals surface area contributed by atoms with E-state index in [2.05, 4.69) is 5.32 Å². The number of methoxy groups -OCH3 is 1. The molecule has 25 heavy (non-hydrogen) atoms. The van der Waals surface area contributed by atoms with Crippen molar-refractivity contribution in [2.24, 2.45) is 0 Å². The van der Waals surface area contributed by atoms with Gasteiger partial charge in [-0.15, -0.1) is 0 Å². The highest BCUT2D eigenvalue weighted by Crippen LogP contribution is 2.29. The second kappa shape index (κ2) is 7.91. The van der Waals surface area contributed by atoms with E-state index in [9.17, 15) is 19.7 Å². The number of anilines is 1. The van der Waals surface area contributed by atoms with Crippen LogP contribution in [0.3, 0.4) is 0 Å². The second-order valence-corrected chi connectivity index (χ2v) is 5.04. The standard InChI is InChI=1S/C17H16N2O6/c1-11(25-17(21)12-6-4-3-5-7-12)16(20)18-14-9-8-13(19(22)23)10-15(14)24-2/h3-11H,1-2H3,(H,18,20)/t11-/m1/s1. The SMILES string of the molecule is COc1cc([N+](=O)[O-])ccc1NC(=O)[C@@H](C)OC(=O)c1ccccc1. The molecule has 130 valence electrons. The molecule has 0 aliphatic carbocycles. The minimum Gasteiger partial charge on any atom is -0.494 e. The van der Waals surface area contributed by atoms with E-state index in [1.165, 1.54) is 32.2 Å². The first kappa shape index (κ1) is 17.9. The monoisotopic (exact) mass is 344 g/mol. The van der Waals surface area contributed by atoms with E-state index in [4.69, 9.17) is 9.47 Å². The van der Waals surface area contributed by atoms with Crippen molar-refractivity contribution in [3.63, 3.8) is 0 Å². The number of carbonyl (C=O) groups excluding carboxylic acids is 2. The normalized spacial score (nSPS) is 11.3.